The predicted octanol–water partition coefficient (Wildman–Crippen LogP) is 6.39. The number of hydrogen-bond donors (Lipinski definition) is 1. The van der Waals surface area contributed by atoms with Gasteiger partial charge in [0.15, 0.2) is 5.82 Å². The topological polar surface area (TPSA) is 106 Å². The number of hydrogen-bond acceptors (Lipinski definition) is 9. The molecule has 1 aliphatic heterocycles. The highest BCUT2D eigenvalue weighted by Crippen LogP contribution is 2.33. The van der Waals surface area contributed by atoms with Crippen molar-refractivity contribution in [3.63, 3.8) is 0 Å². The zero-order chi connectivity index (χ0) is 28.4. The zero-order valence-electron chi connectivity index (χ0n) is 23.2. The van der Waals surface area contributed by atoms with Crippen LogP contribution in [0.3, 0.4) is 0 Å². The molecular weight excluding hydrogens is 574 g/mol. The standard InChI is InChI=1S/C29H32BrN7O3/c1-18-14-20(7-9-24(18)39-21-8-6-19(2)31-16-21)34-26-25-23(32-17-33-26)15-22(30)27(35-25)36-10-12-37(13-11-36)28(38)40-29(3,4)5/h6-9,14-17H,10-13H2,1-5H3,(H,32,33,34). The van der Waals surface area contributed by atoms with E-state index < -0.39 is 5.60 Å². The number of fused-ring (bicyclic) bond motifs is 1. The highest BCUT2D eigenvalue weighted by atomic mass is 79.9. The Kier molecular flexibility index (Phi) is 7.75. The van der Waals surface area contributed by atoms with Gasteiger partial charge >= 0.3 is 6.09 Å². The third kappa shape index (κ3) is 6.41. The van der Waals surface area contributed by atoms with Crippen molar-refractivity contribution >= 4 is 50.4 Å². The molecule has 0 saturated carbocycles. The molecule has 1 aromatic carbocycles. The molecule has 1 aliphatic rings. The smallest absolute Gasteiger partial charge is 0.410 e. The van der Waals surface area contributed by atoms with Gasteiger partial charge < -0.3 is 24.6 Å². The van der Waals surface area contributed by atoms with E-state index in [1.807, 2.05) is 71.0 Å². The van der Waals surface area contributed by atoms with E-state index in [0.29, 0.717) is 48.8 Å². The monoisotopic (exact) mass is 605 g/mol. The van der Waals surface area contributed by atoms with Gasteiger partial charge in [0.25, 0.3) is 0 Å². The van der Waals surface area contributed by atoms with Gasteiger partial charge in [-0.25, -0.2) is 19.7 Å². The Bertz CT molecular complexity index is 1530. The molecule has 1 fully saturated rings. The van der Waals surface area contributed by atoms with E-state index in [1.165, 1.54) is 6.33 Å². The second kappa shape index (κ2) is 11.2. The maximum Gasteiger partial charge on any atom is 0.410 e. The van der Waals surface area contributed by atoms with Crippen LogP contribution >= 0.6 is 15.9 Å². The summed E-state index contributed by atoms with van der Waals surface area (Å²) < 4.78 is 12.4. The summed E-state index contributed by atoms with van der Waals surface area (Å²) in [6.07, 6.45) is 2.94. The molecule has 1 N–H and O–H groups in total. The fourth-order valence-electron chi connectivity index (χ4n) is 4.31. The second-order valence-corrected chi connectivity index (χ2v) is 11.5. The normalized spacial score (nSPS) is 13.8. The molecule has 0 aliphatic carbocycles. The number of piperazine rings is 1. The predicted molar refractivity (Wildman–Crippen MR) is 159 cm³/mol. The van der Waals surface area contributed by atoms with E-state index in [-0.39, 0.29) is 6.09 Å². The summed E-state index contributed by atoms with van der Waals surface area (Å²) >= 11 is 3.67. The SMILES string of the molecule is Cc1ccc(Oc2ccc(Nc3ncnc4cc(Br)c(N5CCN(C(=O)OC(C)(C)C)CC5)nc34)cc2C)cn1. The van der Waals surface area contributed by atoms with Gasteiger partial charge in [0.1, 0.15) is 34.8 Å². The minimum absolute atomic E-state index is 0.292. The lowest BCUT2D eigenvalue weighted by Gasteiger charge is -2.36. The Hall–Kier alpha value is -3.99. The number of nitrogens with one attached hydrogen (secondary N) is 1. The molecule has 1 amide bonds. The summed E-state index contributed by atoms with van der Waals surface area (Å²) in [4.78, 5) is 34.5. The fraction of sp³-hybridized carbons (Fsp3) is 0.345. The van der Waals surface area contributed by atoms with Gasteiger partial charge in [0.05, 0.1) is 16.2 Å². The number of benzene rings is 1. The van der Waals surface area contributed by atoms with E-state index in [0.717, 1.165) is 33.0 Å². The van der Waals surface area contributed by atoms with Crippen LogP contribution in [-0.4, -0.2) is 62.7 Å². The van der Waals surface area contributed by atoms with E-state index >= 15 is 0 Å². The highest BCUT2D eigenvalue weighted by Gasteiger charge is 2.27. The number of rotatable bonds is 5. The summed E-state index contributed by atoms with van der Waals surface area (Å²) in [7, 11) is 0. The Morgan fingerprint density at radius 3 is 2.45 bits per heavy atom. The van der Waals surface area contributed by atoms with Crippen molar-refractivity contribution in [2.24, 2.45) is 0 Å². The van der Waals surface area contributed by atoms with Gasteiger partial charge in [-0.05, 0) is 92.5 Å². The Balaban J connectivity index is 1.33. The van der Waals surface area contributed by atoms with Gasteiger partial charge in [-0.15, -0.1) is 0 Å². The van der Waals surface area contributed by atoms with Gasteiger partial charge in [0, 0.05) is 37.6 Å². The van der Waals surface area contributed by atoms with E-state index in [2.05, 4.69) is 41.1 Å². The van der Waals surface area contributed by atoms with Crippen LogP contribution in [0.1, 0.15) is 32.0 Å². The molecule has 4 aromatic rings. The van der Waals surface area contributed by atoms with Crippen LogP contribution in [-0.2, 0) is 4.74 Å². The van der Waals surface area contributed by atoms with Crippen molar-refractivity contribution < 1.29 is 14.3 Å². The summed E-state index contributed by atoms with van der Waals surface area (Å²) in [5, 5.41) is 3.39. The van der Waals surface area contributed by atoms with E-state index in [9.17, 15) is 4.79 Å². The van der Waals surface area contributed by atoms with Crippen LogP contribution in [0.25, 0.3) is 11.0 Å². The molecule has 40 heavy (non-hydrogen) atoms. The molecule has 208 valence electrons. The first-order chi connectivity index (χ1) is 19.1. The molecule has 10 nitrogen and oxygen atoms in total. The summed E-state index contributed by atoms with van der Waals surface area (Å²) in [5.41, 5.74) is 3.59. The van der Waals surface area contributed by atoms with Crippen molar-refractivity contribution in [3.8, 4) is 11.5 Å². The molecule has 1 saturated heterocycles. The number of carbonyl (C=O) groups is 1. The number of amides is 1. The van der Waals surface area contributed by atoms with Gasteiger partial charge in [0.2, 0.25) is 0 Å². The third-order valence-electron chi connectivity index (χ3n) is 6.33. The number of nitrogens with zero attached hydrogens (tertiary/aromatic N) is 6. The van der Waals surface area contributed by atoms with Crippen molar-refractivity contribution in [1.82, 2.24) is 24.8 Å². The largest absolute Gasteiger partial charge is 0.455 e. The fourth-order valence-corrected chi connectivity index (χ4v) is 4.87. The average molecular weight is 607 g/mol. The lowest BCUT2D eigenvalue weighted by Crippen LogP contribution is -2.50. The number of aryl methyl sites for hydroxylation is 2. The Morgan fingerprint density at radius 1 is 1.00 bits per heavy atom. The number of pyridine rings is 2. The molecule has 4 heterocycles. The number of ether oxygens (including phenoxy) is 2. The number of anilines is 3. The lowest BCUT2D eigenvalue weighted by molar-refractivity contribution is 0.0240. The summed E-state index contributed by atoms with van der Waals surface area (Å²) in [5.74, 6) is 2.81. The maximum atomic E-state index is 12.5. The zero-order valence-corrected chi connectivity index (χ0v) is 24.8. The number of carbonyl (C=O) groups excluding carboxylic acids is 1. The number of aromatic nitrogens is 4. The molecule has 0 bridgehead atoms. The first kappa shape index (κ1) is 27.6. The second-order valence-electron chi connectivity index (χ2n) is 10.7. The molecule has 3 aromatic heterocycles. The molecule has 0 radical (unpaired) electrons. The molecule has 5 rings (SSSR count). The molecule has 0 unspecified atom stereocenters. The van der Waals surface area contributed by atoms with Crippen molar-refractivity contribution in [2.45, 2.75) is 40.2 Å². The Morgan fingerprint density at radius 2 is 1.77 bits per heavy atom. The minimum Gasteiger partial charge on any atom is -0.455 e. The lowest BCUT2D eigenvalue weighted by atomic mass is 10.2. The molecule has 0 spiro atoms. The van der Waals surface area contributed by atoms with E-state index in [1.54, 1.807) is 11.1 Å². The van der Waals surface area contributed by atoms with Crippen molar-refractivity contribution in [1.29, 1.82) is 0 Å². The quantitative estimate of drug-likeness (QED) is 0.277. The maximum absolute atomic E-state index is 12.5. The average Bonchev–Trinajstić information content (AvgIpc) is 2.90. The van der Waals surface area contributed by atoms with Gasteiger partial charge in [-0.3, -0.25) is 4.98 Å². The third-order valence-corrected chi connectivity index (χ3v) is 6.91. The van der Waals surface area contributed by atoms with Crippen molar-refractivity contribution in [3.05, 3.63) is 64.7 Å². The summed E-state index contributed by atoms with van der Waals surface area (Å²) in [6.45, 7) is 11.9. The molecule has 11 heteroatoms. The van der Waals surface area contributed by atoms with Gasteiger partial charge in [-0.1, -0.05) is 0 Å². The van der Waals surface area contributed by atoms with Crippen molar-refractivity contribution in [2.75, 3.05) is 36.4 Å². The molecular formula is C29H32BrN7O3. The highest BCUT2D eigenvalue weighted by molar-refractivity contribution is 9.10. The van der Waals surface area contributed by atoms with Crippen LogP contribution in [0.2, 0.25) is 0 Å². The van der Waals surface area contributed by atoms with Crippen LogP contribution in [0.5, 0.6) is 11.5 Å². The van der Waals surface area contributed by atoms with Crippen LogP contribution < -0.4 is 15.0 Å². The Labute approximate surface area is 241 Å². The minimum atomic E-state index is -0.523. The van der Waals surface area contributed by atoms with Crippen LogP contribution in [0, 0.1) is 13.8 Å². The summed E-state index contributed by atoms with van der Waals surface area (Å²) in [6, 6.07) is 11.6. The van der Waals surface area contributed by atoms with Crippen LogP contribution in [0.4, 0.5) is 22.1 Å². The first-order valence-electron chi connectivity index (χ1n) is 13.1. The first-order valence-corrected chi connectivity index (χ1v) is 13.9. The van der Waals surface area contributed by atoms with Gasteiger partial charge in [-0.2, -0.15) is 0 Å². The van der Waals surface area contributed by atoms with E-state index in [4.69, 9.17) is 14.5 Å². The van der Waals surface area contributed by atoms with Crippen LogP contribution in [0.15, 0.2) is 53.4 Å². The number of halogens is 1. The molecule has 0 atom stereocenters.